The normalized spacial score (nSPS) is 10.0. The molecule has 5 nitrogen and oxygen atoms in total. The largest absolute Gasteiger partial charge is 0.373 e. The molecule has 0 bridgehead atoms. The van der Waals surface area contributed by atoms with Gasteiger partial charge in [-0.15, -0.1) is 0 Å². The fourth-order valence-electron chi connectivity index (χ4n) is 1.22. The van der Waals surface area contributed by atoms with Crippen LogP contribution in [0, 0.1) is 0 Å². The summed E-state index contributed by atoms with van der Waals surface area (Å²) in [5.74, 6) is 1.66. The van der Waals surface area contributed by atoms with Gasteiger partial charge in [0.1, 0.15) is 0 Å². The van der Waals surface area contributed by atoms with Crippen LogP contribution in [0.1, 0.15) is 0 Å². The summed E-state index contributed by atoms with van der Waals surface area (Å²) in [6, 6.07) is 0. The molecular formula is C10H19N5. The number of rotatable bonds is 3. The van der Waals surface area contributed by atoms with E-state index in [-0.39, 0.29) is 0 Å². The fraction of sp³-hybridized carbons (Fsp3) is 0.600. The first-order valence-corrected chi connectivity index (χ1v) is 4.82. The van der Waals surface area contributed by atoms with Gasteiger partial charge in [-0.2, -0.15) is 4.98 Å². The third-order valence-electron chi connectivity index (χ3n) is 2.04. The molecule has 1 rings (SSSR count). The molecule has 0 saturated heterocycles. The van der Waals surface area contributed by atoms with Crippen molar-refractivity contribution in [3.8, 4) is 0 Å². The second-order valence-electron chi connectivity index (χ2n) is 4.06. The van der Waals surface area contributed by atoms with E-state index in [1.807, 2.05) is 63.2 Å². The van der Waals surface area contributed by atoms with Gasteiger partial charge in [0.15, 0.2) is 5.82 Å². The van der Waals surface area contributed by atoms with E-state index in [1.165, 1.54) is 0 Å². The molecule has 0 aliphatic rings. The van der Waals surface area contributed by atoms with E-state index < -0.39 is 0 Å². The van der Waals surface area contributed by atoms with Gasteiger partial charge in [0.25, 0.3) is 0 Å². The highest BCUT2D eigenvalue weighted by molar-refractivity contribution is 5.66. The Morgan fingerprint density at radius 3 is 1.87 bits per heavy atom. The Bertz CT molecular complexity index is 333. The molecule has 84 valence electrons. The maximum Gasteiger partial charge on any atom is 0.226 e. The molecule has 0 saturated carbocycles. The number of hydrogen-bond acceptors (Lipinski definition) is 5. The predicted octanol–water partition coefficient (Wildman–Crippen LogP) is 0.675. The molecule has 0 aliphatic carbocycles. The van der Waals surface area contributed by atoms with Gasteiger partial charge >= 0.3 is 0 Å². The Hall–Kier alpha value is -1.52. The maximum atomic E-state index is 4.49. The van der Waals surface area contributed by atoms with Gasteiger partial charge in [-0.1, -0.05) is 0 Å². The second kappa shape index (κ2) is 4.33. The third kappa shape index (κ3) is 2.49. The monoisotopic (exact) mass is 209 g/mol. The van der Waals surface area contributed by atoms with E-state index in [9.17, 15) is 0 Å². The minimum absolute atomic E-state index is 0.726. The van der Waals surface area contributed by atoms with Crippen LogP contribution >= 0.6 is 0 Å². The highest BCUT2D eigenvalue weighted by Crippen LogP contribution is 2.24. The third-order valence-corrected chi connectivity index (χ3v) is 2.04. The van der Waals surface area contributed by atoms with E-state index in [2.05, 4.69) is 9.97 Å². The van der Waals surface area contributed by atoms with Gasteiger partial charge in [0, 0.05) is 42.3 Å². The molecular weight excluding hydrogens is 190 g/mol. The number of hydrogen-bond donors (Lipinski definition) is 0. The Labute approximate surface area is 91.3 Å². The van der Waals surface area contributed by atoms with Crippen LogP contribution in [0.15, 0.2) is 6.20 Å². The first-order chi connectivity index (χ1) is 6.93. The van der Waals surface area contributed by atoms with Crippen LogP contribution in [0.2, 0.25) is 0 Å². The SMILES string of the molecule is CN(C)c1ncc(N(C)C)c(N(C)C)n1. The molecule has 0 aromatic carbocycles. The van der Waals surface area contributed by atoms with Crippen molar-refractivity contribution in [2.75, 3.05) is 57.0 Å². The van der Waals surface area contributed by atoms with Crippen molar-refractivity contribution in [3.63, 3.8) is 0 Å². The topological polar surface area (TPSA) is 35.5 Å². The Kier molecular flexibility index (Phi) is 3.34. The van der Waals surface area contributed by atoms with Crippen molar-refractivity contribution >= 4 is 17.5 Å². The molecule has 1 aromatic heterocycles. The molecule has 0 unspecified atom stereocenters. The minimum atomic E-state index is 0.726. The van der Waals surface area contributed by atoms with Gasteiger partial charge in [-0.25, -0.2) is 4.98 Å². The van der Waals surface area contributed by atoms with Crippen molar-refractivity contribution in [1.82, 2.24) is 9.97 Å². The molecule has 1 aromatic rings. The fourth-order valence-corrected chi connectivity index (χ4v) is 1.22. The van der Waals surface area contributed by atoms with Gasteiger partial charge in [-0.3, -0.25) is 0 Å². The molecule has 0 atom stereocenters. The zero-order valence-electron chi connectivity index (χ0n) is 10.3. The van der Waals surface area contributed by atoms with Gasteiger partial charge in [-0.05, 0) is 0 Å². The van der Waals surface area contributed by atoms with E-state index in [1.54, 1.807) is 0 Å². The van der Waals surface area contributed by atoms with E-state index in [4.69, 9.17) is 0 Å². The first kappa shape index (κ1) is 11.6. The summed E-state index contributed by atoms with van der Waals surface area (Å²) in [5, 5.41) is 0. The molecule has 0 aliphatic heterocycles. The molecule has 0 N–H and O–H groups in total. The van der Waals surface area contributed by atoms with Crippen LogP contribution in [0.5, 0.6) is 0 Å². The first-order valence-electron chi connectivity index (χ1n) is 4.82. The van der Waals surface area contributed by atoms with Crippen LogP contribution in [0.25, 0.3) is 0 Å². The molecule has 0 spiro atoms. The van der Waals surface area contributed by atoms with E-state index in [0.717, 1.165) is 17.5 Å². The quantitative estimate of drug-likeness (QED) is 0.731. The average Bonchev–Trinajstić information content (AvgIpc) is 2.16. The summed E-state index contributed by atoms with van der Waals surface area (Å²) >= 11 is 0. The lowest BCUT2D eigenvalue weighted by atomic mass is 10.4. The summed E-state index contributed by atoms with van der Waals surface area (Å²) in [6.45, 7) is 0. The summed E-state index contributed by atoms with van der Waals surface area (Å²) in [5.41, 5.74) is 1.02. The van der Waals surface area contributed by atoms with Crippen LogP contribution in [-0.2, 0) is 0 Å². The maximum absolute atomic E-state index is 4.49. The average molecular weight is 209 g/mol. The highest BCUT2D eigenvalue weighted by atomic mass is 15.3. The van der Waals surface area contributed by atoms with Gasteiger partial charge in [0.05, 0.1) is 11.9 Å². The second-order valence-corrected chi connectivity index (χ2v) is 4.06. The number of aromatic nitrogens is 2. The Morgan fingerprint density at radius 2 is 1.47 bits per heavy atom. The Morgan fingerprint density at radius 1 is 0.867 bits per heavy atom. The Balaban J connectivity index is 3.21. The molecule has 0 amide bonds. The van der Waals surface area contributed by atoms with Gasteiger partial charge < -0.3 is 14.7 Å². The van der Waals surface area contributed by atoms with Crippen LogP contribution in [-0.4, -0.2) is 52.3 Å². The van der Waals surface area contributed by atoms with E-state index >= 15 is 0 Å². The minimum Gasteiger partial charge on any atom is -0.373 e. The standard InChI is InChI=1S/C10H19N5/c1-13(2)8-7-11-10(15(5)6)12-9(8)14(3)4/h7H,1-6H3. The molecule has 5 heteroatoms. The van der Waals surface area contributed by atoms with Crippen molar-refractivity contribution in [2.24, 2.45) is 0 Å². The zero-order valence-corrected chi connectivity index (χ0v) is 10.3. The van der Waals surface area contributed by atoms with Crippen LogP contribution in [0.4, 0.5) is 17.5 Å². The lowest BCUT2D eigenvalue weighted by molar-refractivity contribution is 0.951. The van der Waals surface area contributed by atoms with Gasteiger partial charge in [0.2, 0.25) is 5.95 Å². The highest BCUT2D eigenvalue weighted by Gasteiger charge is 2.11. The summed E-state index contributed by atoms with van der Waals surface area (Å²) in [7, 11) is 11.8. The van der Waals surface area contributed by atoms with Crippen LogP contribution < -0.4 is 14.7 Å². The van der Waals surface area contributed by atoms with E-state index in [0.29, 0.717) is 0 Å². The summed E-state index contributed by atoms with van der Waals surface area (Å²) in [4.78, 5) is 14.7. The van der Waals surface area contributed by atoms with Crippen molar-refractivity contribution in [3.05, 3.63) is 6.20 Å². The lowest BCUT2D eigenvalue weighted by Gasteiger charge is -2.22. The smallest absolute Gasteiger partial charge is 0.226 e. The zero-order chi connectivity index (χ0) is 11.6. The van der Waals surface area contributed by atoms with Crippen molar-refractivity contribution in [2.45, 2.75) is 0 Å². The molecule has 15 heavy (non-hydrogen) atoms. The number of nitrogens with zero attached hydrogens (tertiary/aromatic N) is 5. The molecule has 0 fully saturated rings. The predicted molar refractivity (Wildman–Crippen MR) is 65.0 cm³/mol. The van der Waals surface area contributed by atoms with Crippen molar-refractivity contribution < 1.29 is 0 Å². The lowest BCUT2D eigenvalue weighted by Crippen LogP contribution is -2.21. The summed E-state index contributed by atoms with van der Waals surface area (Å²) in [6.07, 6.45) is 1.84. The molecule has 1 heterocycles. The van der Waals surface area contributed by atoms with Crippen molar-refractivity contribution in [1.29, 1.82) is 0 Å². The van der Waals surface area contributed by atoms with Crippen LogP contribution in [0.3, 0.4) is 0 Å². The summed E-state index contributed by atoms with van der Waals surface area (Å²) < 4.78 is 0. The molecule has 0 radical (unpaired) electrons. The number of anilines is 3.